The highest BCUT2D eigenvalue weighted by molar-refractivity contribution is 9.10. The molecular formula is C14H17BrO2. The number of hydrogen-bond donors (Lipinski definition) is 0. The highest BCUT2D eigenvalue weighted by atomic mass is 79.9. The van der Waals surface area contributed by atoms with Crippen LogP contribution in [0.1, 0.15) is 41.6 Å². The molecule has 1 aliphatic carbocycles. The molecule has 1 fully saturated rings. The van der Waals surface area contributed by atoms with Crippen molar-refractivity contribution in [3.05, 3.63) is 33.8 Å². The third-order valence-electron chi connectivity index (χ3n) is 3.47. The van der Waals surface area contributed by atoms with Crippen LogP contribution in [0.2, 0.25) is 0 Å². The average molecular weight is 297 g/mol. The summed E-state index contributed by atoms with van der Waals surface area (Å²) in [6, 6.07) is 5.82. The lowest BCUT2D eigenvalue weighted by atomic mass is 9.97. The lowest BCUT2D eigenvalue weighted by Gasteiger charge is -2.12. The Morgan fingerprint density at radius 2 is 2.12 bits per heavy atom. The first-order valence-electron chi connectivity index (χ1n) is 6.08. The molecule has 0 aromatic heterocycles. The topological polar surface area (TPSA) is 26.3 Å². The normalized spacial score (nSPS) is 16.1. The third-order valence-corrected chi connectivity index (χ3v) is 4.40. The maximum atomic E-state index is 11.6. The zero-order chi connectivity index (χ0) is 12.3. The minimum Gasteiger partial charge on any atom is -0.465 e. The van der Waals surface area contributed by atoms with Crippen LogP contribution in [0.25, 0.3) is 0 Å². The molecule has 0 heterocycles. The van der Waals surface area contributed by atoms with E-state index < -0.39 is 0 Å². The molecule has 0 spiro atoms. The second kappa shape index (κ2) is 5.67. The summed E-state index contributed by atoms with van der Waals surface area (Å²) >= 11 is 3.53. The molecule has 0 bridgehead atoms. The number of carbonyl (C=O) groups is 1. The van der Waals surface area contributed by atoms with Crippen LogP contribution in [-0.2, 0) is 11.2 Å². The number of esters is 1. The van der Waals surface area contributed by atoms with Gasteiger partial charge in [0.05, 0.1) is 12.7 Å². The zero-order valence-corrected chi connectivity index (χ0v) is 11.6. The van der Waals surface area contributed by atoms with E-state index >= 15 is 0 Å². The van der Waals surface area contributed by atoms with E-state index in [1.54, 1.807) is 6.07 Å². The molecule has 1 aromatic rings. The SMILES string of the molecule is COC(=O)c1cccc(CC2CCCC2)c1Br. The number of methoxy groups -OCH3 is 1. The molecule has 2 rings (SSSR count). The van der Waals surface area contributed by atoms with E-state index in [0.717, 1.165) is 16.8 Å². The molecule has 0 aliphatic heterocycles. The van der Waals surface area contributed by atoms with Crippen molar-refractivity contribution in [2.45, 2.75) is 32.1 Å². The van der Waals surface area contributed by atoms with Crippen LogP contribution in [0.5, 0.6) is 0 Å². The Kier molecular flexibility index (Phi) is 4.21. The largest absolute Gasteiger partial charge is 0.465 e. The second-order valence-corrected chi connectivity index (χ2v) is 5.42. The molecular weight excluding hydrogens is 280 g/mol. The fourth-order valence-corrected chi connectivity index (χ4v) is 3.12. The monoisotopic (exact) mass is 296 g/mol. The van der Waals surface area contributed by atoms with Gasteiger partial charge >= 0.3 is 5.97 Å². The number of rotatable bonds is 3. The van der Waals surface area contributed by atoms with E-state index in [4.69, 9.17) is 4.74 Å². The predicted octanol–water partition coefficient (Wildman–Crippen LogP) is 3.97. The van der Waals surface area contributed by atoms with Crippen molar-refractivity contribution >= 4 is 21.9 Å². The van der Waals surface area contributed by atoms with Gasteiger partial charge in [-0.25, -0.2) is 4.79 Å². The molecule has 1 aromatic carbocycles. The summed E-state index contributed by atoms with van der Waals surface area (Å²) in [7, 11) is 1.42. The second-order valence-electron chi connectivity index (χ2n) is 4.62. The molecule has 0 radical (unpaired) electrons. The van der Waals surface area contributed by atoms with E-state index in [2.05, 4.69) is 22.0 Å². The van der Waals surface area contributed by atoms with E-state index in [0.29, 0.717) is 5.56 Å². The van der Waals surface area contributed by atoms with Crippen molar-refractivity contribution in [2.75, 3.05) is 7.11 Å². The van der Waals surface area contributed by atoms with Crippen LogP contribution in [0.3, 0.4) is 0 Å². The minimum absolute atomic E-state index is 0.273. The van der Waals surface area contributed by atoms with Gasteiger partial charge in [-0.1, -0.05) is 37.8 Å². The van der Waals surface area contributed by atoms with E-state index in [1.165, 1.54) is 38.4 Å². The smallest absolute Gasteiger partial charge is 0.339 e. The molecule has 0 atom stereocenters. The van der Waals surface area contributed by atoms with Gasteiger partial charge in [0, 0.05) is 4.47 Å². The summed E-state index contributed by atoms with van der Waals surface area (Å²) in [6.07, 6.45) is 6.38. The van der Waals surface area contributed by atoms with Crippen molar-refractivity contribution in [2.24, 2.45) is 5.92 Å². The maximum absolute atomic E-state index is 11.6. The molecule has 0 N–H and O–H groups in total. The predicted molar refractivity (Wildman–Crippen MR) is 71.1 cm³/mol. The lowest BCUT2D eigenvalue weighted by Crippen LogP contribution is -2.06. The van der Waals surface area contributed by atoms with Crippen LogP contribution in [0.4, 0.5) is 0 Å². The molecule has 1 aliphatic rings. The van der Waals surface area contributed by atoms with Gasteiger partial charge in [-0.3, -0.25) is 0 Å². The Morgan fingerprint density at radius 3 is 2.76 bits per heavy atom. The van der Waals surface area contributed by atoms with Gasteiger partial charge in [0.2, 0.25) is 0 Å². The summed E-state index contributed by atoms with van der Waals surface area (Å²) in [4.78, 5) is 11.6. The number of benzene rings is 1. The summed E-state index contributed by atoms with van der Waals surface area (Å²) in [5.74, 6) is 0.504. The standard InChI is InChI=1S/C14H17BrO2/c1-17-14(16)12-8-4-7-11(13(12)15)9-10-5-2-3-6-10/h4,7-8,10H,2-3,5-6,9H2,1H3. The molecule has 92 valence electrons. The van der Waals surface area contributed by atoms with E-state index in [-0.39, 0.29) is 5.97 Å². The van der Waals surface area contributed by atoms with Crippen molar-refractivity contribution in [1.29, 1.82) is 0 Å². The highest BCUT2D eigenvalue weighted by Crippen LogP contribution is 2.31. The molecule has 0 unspecified atom stereocenters. The van der Waals surface area contributed by atoms with Gasteiger partial charge in [-0.05, 0) is 39.9 Å². The Bertz CT molecular complexity index is 409. The van der Waals surface area contributed by atoms with Crippen LogP contribution in [0.15, 0.2) is 22.7 Å². The Morgan fingerprint density at radius 1 is 1.41 bits per heavy atom. The van der Waals surface area contributed by atoms with Gasteiger partial charge < -0.3 is 4.74 Å². The van der Waals surface area contributed by atoms with Gasteiger partial charge in [0.1, 0.15) is 0 Å². The van der Waals surface area contributed by atoms with Crippen molar-refractivity contribution in [3.8, 4) is 0 Å². The Hall–Kier alpha value is -0.830. The van der Waals surface area contributed by atoms with Crippen LogP contribution in [-0.4, -0.2) is 13.1 Å². The zero-order valence-electron chi connectivity index (χ0n) is 10.0. The fraction of sp³-hybridized carbons (Fsp3) is 0.500. The molecule has 0 saturated heterocycles. The highest BCUT2D eigenvalue weighted by Gasteiger charge is 2.19. The Labute approximate surface area is 110 Å². The third kappa shape index (κ3) is 2.89. The van der Waals surface area contributed by atoms with Gasteiger partial charge in [-0.2, -0.15) is 0 Å². The average Bonchev–Trinajstić information content (AvgIpc) is 2.84. The molecule has 3 heteroatoms. The first-order valence-corrected chi connectivity index (χ1v) is 6.87. The summed E-state index contributed by atoms with van der Waals surface area (Å²) in [5.41, 5.74) is 1.85. The molecule has 1 saturated carbocycles. The van der Waals surface area contributed by atoms with E-state index in [1.807, 2.05) is 6.07 Å². The summed E-state index contributed by atoms with van der Waals surface area (Å²) < 4.78 is 5.67. The van der Waals surface area contributed by atoms with Crippen LogP contribution in [0, 0.1) is 5.92 Å². The fourth-order valence-electron chi connectivity index (χ4n) is 2.53. The quantitative estimate of drug-likeness (QED) is 0.789. The lowest BCUT2D eigenvalue weighted by molar-refractivity contribution is 0.0599. The van der Waals surface area contributed by atoms with Gasteiger partial charge in [0.15, 0.2) is 0 Å². The number of carbonyl (C=O) groups excluding carboxylic acids is 1. The van der Waals surface area contributed by atoms with Crippen molar-refractivity contribution in [3.63, 3.8) is 0 Å². The molecule has 0 amide bonds. The van der Waals surface area contributed by atoms with Crippen molar-refractivity contribution < 1.29 is 9.53 Å². The van der Waals surface area contributed by atoms with Gasteiger partial charge in [-0.15, -0.1) is 0 Å². The van der Waals surface area contributed by atoms with Crippen LogP contribution >= 0.6 is 15.9 Å². The Balaban J connectivity index is 2.19. The number of ether oxygens (including phenoxy) is 1. The summed E-state index contributed by atoms with van der Waals surface area (Å²) in [5, 5.41) is 0. The van der Waals surface area contributed by atoms with Crippen LogP contribution < -0.4 is 0 Å². The summed E-state index contributed by atoms with van der Waals surface area (Å²) in [6.45, 7) is 0. The molecule has 2 nitrogen and oxygen atoms in total. The molecule has 17 heavy (non-hydrogen) atoms. The number of halogens is 1. The minimum atomic E-state index is -0.273. The maximum Gasteiger partial charge on any atom is 0.339 e. The first kappa shape index (κ1) is 12.6. The first-order chi connectivity index (χ1) is 8.22. The number of hydrogen-bond acceptors (Lipinski definition) is 2. The van der Waals surface area contributed by atoms with E-state index in [9.17, 15) is 4.79 Å². The van der Waals surface area contributed by atoms with Gasteiger partial charge in [0.25, 0.3) is 0 Å². The van der Waals surface area contributed by atoms with Crippen molar-refractivity contribution in [1.82, 2.24) is 0 Å².